The molecule has 0 saturated carbocycles. The van der Waals surface area contributed by atoms with Crippen molar-refractivity contribution in [2.45, 2.75) is 5.60 Å². The van der Waals surface area contributed by atoms with Gasteiger partial charge in [-0.25, -0.2) is 0 Å². The molecule has 86 valence electrons. The van der Waals surface area contributed by atoms with Crippen LogP contribution in [0.25, 0.3) is 6.08 Å². The Labute approximate surface area is 106 Å². The average molecular weight is 232 g/mol. The fraction of sp³-hybridized carbons (Fsp3) is 0.0588. The van der Waals surface area contributed by atoms with Gasteiger partial charge in [0, 0.05) is 16.7 Å². The molecule has 1 aromatic rings. The molecule has 1 aromatic carbocycles. The van der Waals surface area contributed by atoms with Crippen molar-refractivity contribution in [2.24, 2.45) is 0 Å². The molecule has 4 rings (SSSR count). The standard InChI is InChI=1S/C17H12O/c1-2-10-16-13(6-1)12-15-9-5-8-14-7-3-4-11-17(14,15)18-16/h1-12H. The number of para-hydroxylation sites is 1. The van der Waals surface area contributed by atoms with Gasteiger partial charge in [0.2, 0.25) is 0 Å². The van der Waals surface area contributed by atoms with Crippen molar-refractivity contribution in [1.82, 2.24) is 0 Å². The van der Waals surface area contributed by atoms with Gasteiger partial charge in [-0.2, -0.15) is 0 Å². The minimum absolute atomic E-state index is 0.419. The Morgan fingerprint density at radius 1 is 0.889 bits per heavy atom. The van der Waals surface area contributed by atoms with E-state index in [0.717, 1.165) is 11.3 Å². The molecule has 0 fully saturated rings. The second-order valence-corrected chi connectivity index (χ2v) is 4.67. The van der Waals surface area contributed by atoms with E-state index in [2.05, 4.69) is 54.7 Å². The van der Waals surface area contributed by atoms with Gasteiger partial charge in [0.1, 0.15) is 5.75 Å². The predicted octanol–water partition coefficient (Wildman–Crippen LogP) is 3.82. The summed E-state index contributed by atoms with van der Waals surface area (Å²) in [5, 5.41) is 0. The van der Waals surface area contributed by atoms with Gasteiger partial charge >= 0.3 is 0 Å². The van der Waals surface area contributed by atoms with Gasteiger partial charge in [-0.1, -0.05) is 54.7 Å². The van der Waals surface area contributed by atoms with Crippen molar-refractivity contribution in [3.05, 3.63) is 83.5 Å². The molecule has 1 atom stereocenters. The van der Waals surface area contributed by atoms with E-state index in [1.54, 1.807) is 0 Å². The first-order valence-corrected chi connectivity index (χ1v) is 6.13. The second kappa shape index (κ2) is 3.36. The minimum Gasteiger partial charge on any atom is -0.473 e. The van der Waals surface area contributed by atoms with E-state index in [1.807, 2.05) is 18.2 Å². The van der Waals surface area contributed by atoms with Crippen LogP contribution in [0.15, 0.2) is 77.9 Å². The molecule has 1 spiro atoms. The summed E-state index contributed by atoms with van der Waals surface area (Å²) in [6, 6.07) is 8.17. The van der Waals surface area contributed by atoms with Crippen LogP contribution in [-0.2, 0) is 0 Å². The summed E-state index contributed by atoms with van der Waals surface area (Å²) >= 11 is 0. The van der Waals surface area contributed by atoms with Crippen LogP contribution in [0.5, 0.6) is 5.75 Å². The second-order valence-electron chi connectivity index (χ2n) is 4.67. The summed E-state index contributed by atoms with van der Waals surface area (Å²) in [6.07, 6.45) is 16.9. The van der Waals surface area contributed by atoms with Crippen LogP contribution in [0.4, 0.5) is 0 Å². The third kappa shape index (κ3) is 1.16. The summed E-state index contributed by atoms with van der Waals surface area (Å²) < 4.78 is 6.30. The van der Waals surface area contributed by atoms with Crippen LogP contribution in [0.2, 0.25) is 0 Å². The van der Waals surface area contributed by atoms with Gasteiger partial charge < -0.3 is 4.74 Å². The van der Waals surface area contributed by atoms with Crippen LogP contribution in [-0.4, -0.2) is 5.60 Å². The number of rotatable bonds is 0. The largest absolute Gasteiger partial charge is 0.473 e. The maximum atomic E-state index is 6.30. The van der Waals surface area contributed by atoms with E-state index in [1.165, 1.54) is 11.1 Å². The number of hydrogen-bond donors (Lipinski definition) is 0. The first kappa shape index (κ1) is 9.72. The van der Waals surface area contributed by atoms with Crippen molar-refractivity contribution in [2.75, 3.05) is 0 Å². The Hall–Kier alpha value is -2.28. The zero-order chi connectivity index (χ0) is 12.0. The van der Waals surface area contributed by atoms with Crippen molar-refractivity contribution in [3.8, 4) is 5.75 Å². The summed E-state index contributed by atoms with van der Waals surface area (Å²) in [5.41, 5.74) is 3.11. The SMILES string of the molecule is C1=CC2=CC=CC3=Cc4ccccc4OC23C=C1. The van der Waals surface area contributed by atoms with Gasteiger partial charge in [0.05, 0.1) is 0 Å². The summed E-state index contributed by atoms with van der Waals surface area (Å²) in [6.45, 7) is 0. The van der Waals surface area contributed by atoms with E-state index in [-0.39, 0.29) is 0 Å². The lowest BCUT2D eigenvalue weighted by molar-refractivity contribution is 0.198. The molecule has 0 amide bonds. The van der Waals surface area contributed by atoms with Crippen LogP contribution >= 0.6 is 0 Å². The maximum Gasteiger partial charge on any atom is 0.178 e. The van der Waals surface area contributed by atoms with E-state index in [9.17, 15) is 0 Å². The molecular formula is C17H12O. The highest BCUT2D eigenvalue weighted by Crippen LogP contribution is 2.44. The molecule has 0 N–H and O–H groups in total. The molecular weight excluding hydrogens is 220 g/mol. The molecule has 1 heterocycles. The topological polar surface area (TPSA) is 9.23 Å². The van der Waals surface area contributed by atoms with Crippen LogP contribution in [0.3, 0.4) is 0 Å². The number of fused-ring (bicyclic) bond motifs is 1. The number of ether oxygens (including phenoxy) is 1. The van der Waals surface area contributed by atoms with E-state index in [0.29, 0.717) is 0 Å². The van der Waals surface area contributed by atoms with Crippen molar-refractivity contribution >= 4 is 6.08 Å². The maximum absolute atomic E-state index is 6.30. The van der Waals surface area contributed by atoms with Crippen LogP contribution < -0.4 is 4.74 Å². The molecule has 1 aliphatic heterocycles. The summed E-state index contributed by atoms with van der Waals surface area (Å²) in [4.78, 5) is 0. The molecule has 2 aliphatic carbocycles. The first-order valence-electron chi connectivity index (χ1n) is 6.13. The Bertz CT molecular complexity index is 671. The number of allylic oxidation sites excluding steroid dienone is 4. The predicted molar refractivity (Wildman–Crippen MR) is 73.3 cm³/mol. The molecule has 0 saturated heterocycles. The molecule has 0 aromatic heterocycles. The summed E-state index contributed by atoms with van der Waals surface area (Å²) in [7, 11) is 0. The van der Waals surface area contributed by atoms with Gasteiger partial charge in [0.25, 0.3) is 0 Å². The fourth-order valence-electron chi connectivity index (χ4n) is 2.73. The monoisotopic (exact) mass is 232 g/mol. The molecule has 1 unspecified atom stereocenters. The van der Waals surface area contributed by atoms with Crippen molar-refractivity contribution in [1.29, 1.82) is 0 Å². The lowest BCUT2D eigenvalue weighted by atomic mass is 9.77. The Kier molecular flexibility index (Phi) is 1.81. The van der Waals surface area contributed by atoms with Gasteiger partial charge in [0.15, 0.2) is 5.60 Å². The fourth-order valence-corrected chi connectivity index (χ4v) is 2.73. The average Bonchev–Trinajstić information content (AvgIpc) is 2.43. The third-order valence-electron chi connectivity index (χ3n) is 3.63. The molecule has 0 bridgehead atoms. The van der Waals surface area contributed by atoms with Crippen molar-refractivity contribution < 1.29 is 4.74 Å². The van der Waals surface area contributed by atoms with E-state index >= 15 is 0 Å². The van der Waals surface area contributed by atoms with Crippen LogP contribution in [0.1, 0.15) is 5.56 Å². The lowest BCUT2D eigenvalue weighted by Crippen LogP contribution is -2.41. The highest BCUT2D eigenvalue weighted by Gasteiger charge is 2.40. The molecule has 3 aliphatic rings. The van der Waals surface area contributed by atoms with E-state index in [4.69, 9.17) is 4.74 Å². The molecule has 1 nitrogen and oxygen atoms in total. The molecule has 18 heavy (non-hydrogen) atoms. The number of hydrogen-bond acceptors (Lipinski definition) is 1. The van der Waals surface area contributed by atoms with Crippen LogP contribution in [0, 0.1) is 0 Å². The quantitative estimate of drug-likeness (QED) is 0.660. The van der Waals surface area contributed by atoms with Gasteiger partial charge in [-0.05, 0) is 18.2 Å². The van der Waals surface area contributed by atoms with Gasteiger partial charge in [-0.15, -0.1) is 0 Å². The zero-order valence-electron chi connectivity index (χ0n) is 9.84. The Balaban J connectivity index is 1.97. The minimum atomic E-state index is -0.419. The number of benzene rings is 1. The zero-order valence-corrected chi connectivity index (χ0v) is 9.84. The Morgan fingerprint density at radius 2 is 1.78 bits per heavy atom. The van der Waals surface area contributed by atoms with Crippen molar-refractivity contribution in [3.63, 3.8) is 0 Å². The lowest BCUT2D eigenvalue weighted by Gasteiger charge is -2.40. The van der Waals surface area contributed by atoms with Gasteiger partial charge in [-0.3, -0.25) is 0 Å². The molecule has 0 radical (unpaired) electrons. The van der Waals surface area contributed by atoms with E-state index < -0.39 is 5.60 Å². The molecule has 1 heteroatoms. The Morgan fingerprint density at radius 3 is 2.78 bits per heavy atom. The normalized spacial score (nSPS) is 26.4. The third-order valence-corrected chi connectivity index (χ3v) is 3.63. The smallest absolute Gasteiger partial charge is 0.178 e. The highest BCUT2D eigenvalue weighted by atomic mass is 16.5. The first-order chi connectivity index (χ1) is 8.88. The summed E-state index contributed by atoms with van der Waals surface area (Å²) in [5.74, 6) is 0.947. The highest BCUT2D eigenvalue weighted by molar-refractivity contribution is 5.73.